The molecule has 96 valence electrons. The van der Waals surface area contributed by atoms with Crippen molar-refractivity contribution >= 4 is 21.7 Å². The van der Waals surface area contributed by atoms with Gasteiger partial charge in [-0.05, 0) is 55.3 Å². The number of nitrogens with zero attached hydrogens (tertiary/aromatic N) is 2. The molecule has 1 heterocycles. The molecule has 0 aliphatic heterocycles. The molecule has 0 spiro atoms. The fraction of sp³-hybridized carbons (Fsp3) is 0.615. The summed E-state index contributed by atoms with van der Waals surface area (Å²) < 4.78 is 1.03. The second-order valence-electron chi connectivity index (χ2n) is 5.39. The minimum absolute atomic E-state index is 0.170. The molecule has 0 saturated heterocycles. The Morgan fingerprint density at radius 3 is 2.59 bits per heavy atom. The minimum Gasteiger partial charge on any atom is -0.358 e. The third kappa shape index (κ3) is 5.04. The zero-order valence-electron chi connectivity index (χ0n) is 11.3. The first-order valence-electron chi connectivity index (χ1n) is 5.88. The zero-order chi connectivity index (χ0) is 13.1. The van der Waals surface area contributed by atoms with E-state index >= 15 is 0 Å². The van der Waals surface area contributed by atoms with Crippen molar-refractivity contribution in [3.05, 3.63) is 22.3 Å². The van der Waals surface area contributed by atoms with Gasteiger partial charge in [0.05, 0.1) is 0 Å². The number of rotatable bonds is 4. The van der Waals surface area contributed by atoms with Gasteiger partial charge in [-0.15, -0.1) is 0 Å². The van der Waals surface area contributed by atoms with Crippen molar-refractivity contribution in [2.75, 3.05) is 25.0 Å². The van der Waals surface area contributed by atoms with E-state index in [1.54, 1.807) is 0 Å². The van der Waals surface area contributed by atoms with E-state index in [2.05, 4.69) is 71.9 Å². The monoisotopic (exact) mass is 299 g/mol. The Morgan fingerprint density at radius 1 is 1.41 bits per heavy atom. The molecule has 0 saturated carbocycles. The Kier molecular flexibility index (Phi) is 4.95. The maximum Gasteiger partial charge on any atom is 0.131 e. The number of nitrogens with one attached hydrogen (secondary N) is 1. The number of hydrogen-bond donors (Lipinski definition) is 1. The summed E-state index contributed by atoms with van der Waals surface area (Å²) in [4.78, 5) is 6.63. The summed E-state index contributed by atoms with van der Waals surface area (Å²) in [5.41, 5.74) is 1.36. The molecular weight excluding hydrogens is 278 g/mol. The van der Waals surface area contributed by atoms with E-state index in [0.717, 1.165) is 23.4 Å². The van der Waals surface area contributed by atoms with Crippen LogP contribution in [0.1, 0.15) is 26.3 Å². The summed E-state index contributed by atoms with van der Waals surface area (Å²) in [7, 11) is 2.08. The number of halogens is 1. The molecule has 0 aromatic carbocycles. The van der Waals surface area contributed by atoms with Gasteiger partial charge in [0.15, 0.2) is 0 Å². The van der Waals surface area contributed by atoms with Crippen LogP contribution in [-0.4, -0.2) is 30.7 Å². The zero-order valence-corrected chi connectivity index (χ0v) is 12.9. The van der Waals surface area contributed by atoms with Crippen LogP contribution in [0.5, 0.6) is 0 Å². The molecule has 17 heavy (non-hydrogen) atoms. The van der Waals surface area contributed by atoms with E-state index in [4.69, 9.17) is 0 Å². The second kappa shape index (κ2) is 5.83. The molecule has 0 bridgehead atoms. The predicted molar refractivity (Wildman–Crippen MR) is 77.7 cm³/mol. The molecule has 0 fully saturated rings. The lowest BCUT2D eigenvalue weighted by atomic mass is 10.1. The number of aromatic nitrogens is 1. The van der Waals surface area contributed by atoms with E-state index in [9.17, 15) is 0 Å². The first-order chi connectivity index (χ1) is 7.79. The van der Waals surface area contributed by atoms with Crippen molar-refractivity contribution in [2.24, 2.45) is 0 Å². The smallest absolute Gasteiger partial charge is 0.131 e. The molecule has 1 aromatic rings. The number of likely N-dealkylation sites (N-methyl/N-ethyl adjacent to an activating group) is 1. The van der Waals surface area contributed by atoms with Crippen LogP contribution in [0.3, 0.4) is 0 Å². The van der Waals surface area contributed by atoms with E-state index in [-0.39, 0.29) is 5.54 Å². The second-order valence-corrected chi connectivity index (χ2v) is 6.31. The van der Waals surface area contributed by atoms with E-state index in [1.807, 2.05) is 6.20 Å². The molecular formula is C13H22BrN3. The van der Waals surface area contributed by atoms with E-state index in [1.165, 1.54) is 5.56 Å². The van der Waals surface area contributed by atoms with Crippen molar-refractivity contribution in [2.45, 2.75) is 33.2 Å². The summed E-state index contributed by atoms with van der Waals surface area (Å²) in [5.74, 6) is 1.05. The lowest BCUT2D eigenvalue weighted by Gasteiger charge is -2.25. The van der Waals surface area contributed by atoms with Gasteiger partial charge in [-0.1, -0.05) is 0 Å². The maximum absolute atomic E-state index is 4.44. The summed E-state index contributed by atoms with van der Waals surface area (Å²) in [6.07, 6.45) is 1.84. The fourth-order valence-corrected chi connectivity index (χ4v) is 2.08. The molecule has 0 radical (unpaired) electrons. The number of aryl methyl sites for hydroxylation is 1. The van der Waals surface area contributed by atoms with E-state index < -0.39 is 0 Å². The van der Waals surface area contributed by atoms with Crippen LogP contribution in [0.4, 0.5) is 5.82 Å². The van der Waals surface area contributed by atoms with Gasteiger partial charge in [0.25, 0.3) is 0 Å². The van der Waals surface area contributed by atoms with Crippen molar-refractivity contribution in [3.8, 4) is 0 Å². The SMILES string of the molecule is Cc1cc(Br)cnc1N(C)CCNC(C)(C)C. The van der Waals surface area contributed by atoms with Gasteiger partial charge in [-0.25, -0.2) is 4.98 Å². The minimum atomic E-state index is 0.170. The van der Waals surface area contributed by atoms with Crippen LogP contribution < -0.4 is 10.2 Å². The topological polar surface area (TPSA) is 28.2 Å². The van der Waals surface area contributed by atoms with Gasteiger partial charge < -0.3 is 10.2 Å². The van der Waals surface area contributed by atoms with E-state index in [0.29, 0.717) is 0 Å². The van der Waals surface area contributed by atoms with Crippen LogP contribution in [0, 0.1) is 6.92 Å². The standard InChI is InChI=1S/C13H22BrN3/c1-10-8-11(14)9-15-12(10)17(5)7-6-16-13(2,3)4/h8-9,16H,6-7H2,1-5H3. The molecule has 1 aromatic heterocycles. The van der Waals surface area contributed by atoms with Crippen LogP contribution in [0.2, 0.25) is 0 Å². The molecule has 0 unspecified atom stereocenters. The Balaban J connectivity index is 2.55. The highest BCUT2D eigenvalue weighted by molar-refractivity contribution is 9.10. The number of anilines is 1. The summed E-state index contributed by atoms with van der Waals surface area (Å²) in [6.45, 7) is 10.5. The molecule has 0 atom stereocenters. The molecule has 0 amide bonds. The van der Waals surface area contributed by atoms with Crippen molar-refractivity contribution in [3.63, 3.8) is 0 Å². The quantitative estimate of drug-likeness (QED) is 0.926. The van der Waals surface area contributed by atoms with Gasteiger partial charge >= 0.3 is 0 Å². The van der Waals surface area contributed by atoms with Gasteiger partial charge in [-0.2, -0.15) is 0 Å². The highest BCUT2D eigenvalue weighted by atomic mass is 79.9. The number of pyridine rings is 1. The van der Waals surface area contributed by atoms with Crippen molar-refractivity contribution < 1.29 is 0 Å². The Bertz CT molecular complexity index is 371. The van der Waals surface area contributed by atoms with Crippen LogP contribution >= 0.6 is 15.9 Å². The summed E-state index contributed by atoms with van der Waals surface area (Å²) in [6, 6.07) is 2.09. The normalized spacial score (nSPS) is 11.6. The first-order valence-corrected chi connectivity index (χ1v) is 6.67. The fourth-order valence-electron chi connectivity index (χ4n) is 1.64. The van der Waals surface area contributed by atoms with Crippen molar-refractivity contribution in [1.82, 2.24) is 10.3 Å². The highest BCUT2D eigenvalue weighted by Crippen LogP contribution is 2.19. The van der Waals surface area contributed by atoms with Crippen molar-refractivity contribution in [1.29, 1.82) is 0 Å². The largest absolute Gasteiger partial charge is 0.358 e. The average Bonchev–Trinajstić information content (AvgIpc) is 2.15. The lowest BCUT2D eigenvalue weighted by molar-refractivity contribution is 0.430. The molecule has 3 nitrogen and oxygen atoms in total. The molecule has 1 N–H and O–H groups in total. The lowest BCUT2D eigenvalue weighted by Crippen LogP contribution is -2.40. The summed E-state index contributed by atoms with van der Waals surface area (Å²) in [5, 5.41) is 3.47. The molecule has 4 heteroatoms. The van der Waals surface area contributed by atoms with Gasteiger partial charge in [-0.3, -0.25) is 0 Å². The van der Waals surface area contributed by atoms with Crippen LogP contribution in [-0.2, 0) is 0 Å². The highest BCUT2D eigenvalue weighted by Gasteiger charge is 2.10. The third-order valence-corrected chi connectivity index (χ3v) is 2.92. The van der Waals surface area contributed by atoms with Gasteiger partial charge in [0.1, 0.15) is 5.82 Å². The van der Waals surface area contributed by atoms with Gasteiger partial charge in [0.2, 0.25) is 0 Å². The third-order valence-electron chi connectivity index (χ3n) is 2.48. The average molecular weight is 300 g/mol. The number of hydrogen-bond acceptors (Lipinski definition) is 3. The maximum atomic E-state index is 4.44. The van der Waals surface area contributed by atoms with Crippen LogP contribution in [0.15, 0.2) is 16.7 Å². The molecule has 1 rings (SSSR count). The Labute approximate surface area is 113 Å². The van der Waals surface area contributed by atoms with Crippen LogP contribution in [0.25, 0.3) is 0 Å². The summed E-state index contributed by atoms with van der Waals surface area (Å²) >= 11 is 3.43. The Morgan fingerprint density at radius 2 is 2.06 bits per heavy atom. The van der Waals surface area contributed by atoms with Gasteiger partial charge in [0, 0.05) is 36.3 Å². The molecule has 0 aliphatic rings. The predicted octanol–water partition coefficient (Wildman–Crippen LogP) is 2.98. The Hall–Kier alpha value is -0.610. The molecule has 0 aliphatic carbocycles. The first kappa shape index (κ1) is 14.5.